The first-order chi connectivity index (χ1) is 14.9. The lowest BCUT2D eigenvalue weighted by Crippen LogP contribution is -2.46. The Bertz CT molecular complexity index is 720. The number of thiazole rings is 1. The zero-order valence-electron chi connectivity index (χ0n) is 18.8. The fourth-order valence-corrected chi connectivity index (χ4v) is 4.87. The van der Waals surface area contributed by atoms with Crippen molar-refractivity contribution in [2.45, 2.75) is 83.8 Å². The minimum absolute atomic E-state index is 0.0778. The molecular formula is C22H36N4O4S. The quantitative estimate of drug-likeness (QED) is 0.471. The van der Waals surface area contributed by atoms with Gasteiger partial charge in [-0.3, -0.25) is 19.3 Å². The van der Waals surface area contributed by atoms with Crippen molar-refractivity contribution in [3.05, 3.63) is 16.1 Å². The Balaban J connectivity index is 0.00000107. The van der Waals surface area contributed by atoms with Crippen molar-refractivity contribution in [3.63, 3.8) is 0 Å². The van der Waals surface area contributed by atoms with Gasteiger partial charge in [-0.25, -0.2) is 4.98 Å². The van der Waals surface area contributed by atoms with Crippen molar-refractivity contribution in [2.75, 3.05) is 13.1 Å². The van der Waals surface area contributed by atoms with E-state index in [4.69, 9.17) is 9.90 Å². The highest BCUT2D eigenvalue weighted by Crippen LogP contribution is 2.35. The molecule has 2 heterocycles. The van der Waals surface area contributed by atoms with Gasteiger partial charge in [0.1, 0.15) is 5.69 Å². The Labute approximate surface area is 188 Å². The maximum Gasteiger partial charge on any atom is 0.290 e. The Morgan fingerprint density at radius 3 is 2.58 bits per heavy atom. The molecule has 2 fully saturated rings. The summed E-state index contributed by atoms with van der Waals surface area (Å²) in [5, 5.41) is 15.9. The van der Waals surface area contributed by atoms with Gasteiger partial charge in [0.25, 0.3) is 12.4 Å². The van der Waals surface area contributed by atoms with Gasteiger partial charge in [0.15, 0.2) is 0 Å². The summed E-state index contributed by atoms with van der Waals surface area (Å²) in [5.41, 5.74) is 0.535. The monoisotopic (exact) mass is 452 g/mol. The van der Waals surface area contributed by atoms with Gasteiger partial charge in [-0.15, -0.1) is 11.3 Å². The van der Waals surface area contributed by atoms with Crippen molar-refractivity contribution in [1.82, 2.24) is 20.5 Å². The number of carboxylic acid groups (broad SMARTS) is 1. The molecule has 1 saturated carbocycles. The molecule has 0 aromatic carbocycles. The van der Waals surface area contributed by atoms with E-state index >= 15 is 0 Å². The number of rotatable bonds is 10. The summed E-state index contributed by atoms with van der Waals surface area (Å²) in [5.74, 6) is 0.824. The molecule has 31 heavy (non-hydrogen) atoms. The Morgan fingerprint density at radius 2 is 1.97 bits per heavy atom. The second-order valence-corrected chi connectivity index (χ2v) is 9.59. The van der Waals surface area contributed by atoms with E-state index in [0.29, 0.717) is 24.7 Å². The number of carbonyl (C=O) groups excluding carboxylic acids is 2. The van der Waals surface area contributed by atoms with Gasteiger partial charge < -0.3 is 15.7 Å². The second kappa shape index (κ2) is 12.8. The third-order valence-electron chi connectivity index (χ3n) is 5.55. The van der Waals surface area contributed by atoms with Crippen LogP contribution in [0.1, 0.15) is 74.8 Å². The van der Waals surface area contributed by atoms with Crippen molar-refractivity contribution in [1.29, 1.82) is 0 Å². The van der Waals surface area contributed by atoms with Crippen molar-refractivity contribution >= 4 is 29.6 Å². The standard InChI is InChI=1S/C21H34N4O2S.CH2O2/c1-4-5-20-24-18(13-28-20)21(27)22-11-17-9-8-16(10-19(26)23-14(2)3)25(17)12-15-6-7-15;2-1-3/h13-17H,4-12H2,1-3H3,(H,22,27)(H,23,26);1H,(H,2,3)/t16-,17+;/m1./s1. The Kier molecular flexibility index (Phi) is 10.4. The molecule has 1 aliphatic carbocycles. The van der Waals surface area contributed by atoms with E-state index in [1.165, 1.54) is 12.8 Å². The number of nitrogens with one attached hydrogen (secondary N) is 2. The molecule has 174 valence electrons. The number of aryl methyl sites for hydroxylation is 1. The molecule has 3 rings (SSSR count). The third kappa shape index (κ3) is 8.57. The van der Waals surface area contributed by atoms with Crippen LogP contribution in [0.25, 0.3) is 0 Å². The van der Waals surface area contributed by atoms with E-state index in [1.54, 1.807) is 11.3 Å². The van der Waals surface area contributed by atoms with Crippen LogP contribution in [0.3, 0.4) is 0 Å². The molecule has 1 aliphatic heterocycles. The summed E-state index contributed by atoms with van der Waals surface area (Å²) in [6.07, 6.45) is 7.16. The smallest absolute Gasteiger partial charge is 0.290 e. The van der Waals surface area contributed by atoms with Gasteiger partial charge in [0, 0.05) is 43.0 Å². The first-order valence-corrected chi connectivity index (χ1v) is 12.1. The van der Waals surface area contributed by atoms with Crippen LogP contribution in [0, 0.1) is 5.92 Å². The predicted molar refractivity (Wildman–Crippen MR) is 121 cm³/mol. The van der Waals surface area contributed by atoms with Gasteiger partial charge in [-0.2, -0.15) is 0 Å². The van der Waals surface area contributed by atoms with Crippen LogP contribution in [0.5, 0.6) is 0 Å². The van der Waals surface area contributed by atoms with E-state index in [-0.39, 0.29) is 30.4 Å². The lowest BCUT2D eigenvalue weighted by Gasteiger charge is -2.30. The van der Waals surface area contributed by atoms with E-state index < -0.39 is 0 Å². The molecule has 1 saturated heterocycles. The summed E-state index contributed by atoms with van der Waals surface area (Å²) in [6, 6.07) is 0.781. The Hall–Kier alpha value is -2.00. The molecule has 0 radical (unpaired) electrons. The summed E-state index contributed by atoms with van der Waals surface area (Å²) in [4.78, 5) is 40.0. The van der Waals surface area contributed by atoms with Gasteiger partial charge in [0.2, 0.25) is 5.91 Å². The van der Waals surface area contributed by atoms with Gasteiger partial charge in [0.05, 0.1) is 5.01 Å². The first kappa shape index (κ1) is 25.3. The molecule has 1 aromatic heterocycles. The number of hydrogen-bond acceptors (Lipinski definition) is 6. The maximum atomic E-state index is 12.5. The number of carbonyl (C=O) groups is 3. The van der Waals surface area contributed by atoms with Crippen LogP contribution in [0.2, 0.25) is 0 Å². The van der Waals surface area contributed by atoms with Crippen LogP contribution in [0.4, 0.5) is 0 Å². The van der Waals surface area contributed by atoms with Gasteiger partial charge in [-0.05, 0) is 58.3 Å². The summed E-state index contributed by atoms with van der Waals surface area (Å²) in [6.45, 7) is 7.55. The molecule has 3 N–H and O–H groups in total. The largest absolute Gasteiger partial charge is 0.483 e. The fraction of sp³-hybridized carbons (Fsp3) is 0.727. The topological polar surface area (TPSA) is 112 Å². The van der Waals surface area contributed by atoms with Crippen LogP contribution in [-0.2, 0) is 16.0 Å². The Morgan fingerprint density at radius 1 is 1.29 bits per heavy atom. The molecule has 0 spiro atoms. The molecule has 2 atom stereocenters. The zero-order chi connectivity index (χ0) is 22.8. The van der Waals surface area contributed by atoms with Crippen LogP contribution in [-0.4, -0.2) is 64.5 Å². The fourth-order valence-electron chi connectivity index (χ4n) is 3.99. The minimum Gasteiger partial charge on any atom is -0.483 e. The molecular weight excluding hydrogens is 416 g/mol. The molecule has 0 unspecified atom stereocenters. The number of nitrogens with zero attached hydrogens (tertiary/aromatic N) is 2. The summed E-state index contributed by atoms with van der Waals surface area (Å²) in [7, 11) is 0. The molecule has 0 bridgehead atoms. The van der Waals surface area contributed by atoms with Gasteiger partial charge in [-0.1, -0.05) is 6.92 Å². The average molecular weight is 453 g/mol. The highest BCUT2D eigenvalue weighted by Gasteiger charge is 2.38. The van der Waals surface area contributed by atoms with Gasteiger partial charge >= 0.3 is 0 Å². The molecule has 1 aromatic rings. The number of amides is 2. The normalized spacial score (nSPS) is 20.8. The van der Waals surface area contributed by atoms with E-state index in [9.17, 15) is 9.59 Å². The number of likely N-dealkylation sites (tertiary alicyclic amines) is 1. The number of hydrogen-bond donors (Lipinski definition) is 3. The lowest BCUT2D eigenvalue weighted by molar-refractivity contribution is -0.123. The lowest BCUT2D eigenvalue weighted by atomic mass is 10.1. The highest BCUT2D eigenvalue weighted by molar-refractivity contribution is 7.09. The SMILES string of the molecule is CCCc1nc(C(=O)NC[C@@H]2CC[C@H](CC(=O)NC(C)C)N2CC2CC2)cs1.O=CO. The molecule has 8 nitrogen and oxygen atoms in total. The predicted octanol–water partition coefficient (Wildman–Crippen LogP) is 2.68. The first-order valence-electron chi connectivity index (χ1n) is 11.2. The van der Waals surface area contributed by atoms with Crippen molar-refractivity contribution in [2.24, 2.45) is 5.92 Å². The average Bonchev–Trinajstić information content (AvgIpc) is 3.27. The van der Waals surface area contributed by atoms with Crippen molar-refractivity contribution in [3.8, 4) is 0 Å². The van der Waals surface area contributed by atoms with Crippen LogP contribution >= 0.6 is 11.3 Å². The van der Waals surface area contributed by atoms with E-state index in [2.05, 4.69) is 27.4 Å². The number of aromatic nitrogens is 1. The molecule has 9 heteroatoms. The van der Waals surface area contributed by atoms with Crippen molar-refractivity contribution < 1.29 is 19.5 Å². The summed E-state index contributed by atoms with van der Waals surface area (Å²) >= 11 is 1.56. The van der Waals surface area contributed by atoms with E-state index in [1.807, 2.05) is 19.2 Å². The summed E-state index contributed by atoms with van der Waals surface area (Å²) < 4.78 is 0. The second-order valence-electron chi connectivity index (χ2n) is 8.64. The van der Waals surface area contributed by atoms with Crippen LogP contribution in [0.15, 0.2) is 5.38 Å². The molecule has 2 aliphatic rings. The third-order valence-corrected chi connectivity index (χ3v) is 6.46. The van der Waals surface area contributed by atoms with Crippen LogP contribution < -0.4 is 10.6 Å². The minimum atomic E-state index is -0.250. The zero-order valence-corrected chi connectivity index (χ0v) is 19.6. The maximum absolute atomic E-state index is 12.5. The molecule has 2 amide bonds. The highest BCUT2D eigenvalue weighted by atomic mass is 32.1. The van der Waals surface area contributed by atoms with E-state index in [0.717, 1.165) is 43.2 Å².